The molecule has 2 N–H and O–H groups in total. The van der Waals surface area contributed by atoms with Gasteiger partial charge in [0.05, 0.1) is 0 Å². The molecule has 6 heteroatoms. The number of sulfone groups is 1. The molecule has 0 bridgehead atoms. The summed E-state index contributed by atoms with van der Waals surface area (Å²) in [5.74, 6) is 0.549. The van der Waals surface area contributed by atoms with Gasteiger partial charge in [-0.3, -0.25) is 0 Å². The fraction of sp³-hybridized carbons (Fsp3) is 0.615. The minimum atomic E-state index is -3.28. The molecule has 2 heterocycles. The highest BCUT2D eigenvalue weighted by molar-refractivity contribution is 7.90. The van der Waals surface area contributed by atoms with Gasteiger partial charge < -0.3 is 10.6 Å². The number of piperidine rings is 1. The van der Waals surface area contributed by atoms with Crippen molar-refractivity contribution in [2.75, 3.05) is 17.7 Å². The molecule has 106 valence electrons. The van der Waals surface area contributed by atoms with E-state index in [1.165, 1.54) is 6.26 Å². The summed E-state index contributed by atoms with van der Waals surface area (Å²) in [7, 11) is -3.28. The van der Waals surface area contributed by atoms with Crippen LogP contribution in [0.4, 0.5) is 5.82 Å². The van der Waals surface area contributed by atoms with Crippen molar-refractivity contribution in [1.29, 1.82) is 0 Å². The minimum absolute atomic E-state index is 0.166. The number of pyridine rings is 1. The Hall–Kier alpha value is -1.14. The number of aromatic nitrogens is 1. The Morgan fingerprint density at radius 2 is 2.21 bits per heavy atom. The number of nitrogens with two attached hydrogens (primary N) is 1. The highest BCUT2D eigenvalue weighted by Gasteiger charge is 2.31. The summed E-state index contributed by atoms with van der Waals surface area (Å²) in [6.45, 7) is 2.62. The van der Waals surface area contributed by atoms with Gasteiger partial charge in [0, 0.05) is 31.1 Å². The van der Waals surface area contributed by atoms with Gasteiger partial charge in [0.2, 0.25) is 0 Å². The lowest BCUT2D eigenvalue weighted by Gasteiger charge is -2.41. The van der Waals surface area contributed by atoms with Gasteiger partial charge in [0.25, 0.3) is 0 Å². The average molecular weight is 283 g/mol. The topological polar surface area (TPSA) is 76.3 Å². The first-order chi connectivity index (χ1) is 8.95. The van der Waals surface area contributed by atoms with Crippen molar-refractivity contribution < 1.29 is 8.42 Å². The predicted molar refractivity (Wildman–Crippen MR) is 76.0 cm³/mol. The summed E-state index contributed by atoms with van der Waals surface area (Å²) < 4.78 is 23.8. The molecule has 1 aromatic rings. The smallest absolute Gasteiger partial charge is 0.179 e. The fourth-order valence-electron chi connectivity index (χ4n) is 2.77. The van der Waals surface area contributed by atoms with Gasteiger partial charge in [-0.2, -0.15) is 0 Å². The van der Waals surface area contributed by atoms with Crippen LogP contribution >= 0.6 is 0 Å². The molecule has 1 saturated heterocycles. The van der Waals surface area contributed by atoms with E-state index in [1.54, 1.807) is 18.3 Å². The van der Waals surface area contributed by atoms with E-state index in [2.05, 4.69) is 16.8 Å². The first-order valence-electron chi connectivity index (χ1n) is 6.58. The lowest BCUT2D eigenvalue weighted by Crippen LogP contribution is -2.49. The molecular weight excluding hydrogens is 262 g/mol. The van der Waals surface area contributed by atoms with Crippen LogP contribution in [0.1, 0.15) is 26.2 Å². The normalized spacial score (nSPS) is 24.5. The number of hydrogen-bond donors (Lipinski definition) is 1. The molecule has 0 spiro atoms. The Kier molecular flexibility index (Phi) is 4.10. The Balaban J connectivity index is 2.50. The molecule has 2 rings (SSSR count). The largest absolute Gasteiger partial charge is 0.349 e. The summed E-state index contributed by atoms with van der Waals surface area (Å²) in [5.41, 5.74) is 5.83. The van der Waals surface area contributed by atoms with Crippen LogP contribution in [0.5, 0.6) is 0 Å². The fourth-order valence-corrected chi connectivity index (χ4v) is 3.58. The first kappa shape index (κ1) is 14.3. The zero-order valence-electron chi connectivity index (χ0n) is 11.4. The second-order valence-corrected chi connectivity index (χ2v) is 7.16. The zero-order valence-corrected chi connectivity index (χ0v) is 12.2. The van der Waals surface area contributed by atoms with Crippen LogP contribution in [0.3, 0.4) is 0 Å². The number of rotatable bonds is 3. The second-order valence-electron chi connectivity index (χ2n) is 5.17. The van der Waals surface area contributed by atoms with E-state index in [-0.39, 0.29) is 12.1 Å². The van der Waals surface area contributed by atoms with E-state index in [4.69, 9.17) is 5.73 Å². The van der Waals surface area contributed by atoms with E-state index in [0.29, 0.717) is 17.3 Å². The Morgan fingerprint density at radius 3 is 2.84 bits per heavy atom. The molecule has 0 aromatic carbocycles. The maximum Gasteiger partial charge on any atom is 0.179 e. The van der Waals surface area contributed by atoms with Crippen molar-refractivity contribution in [1.82, 2.24) is 4.98 Å². The monoisotopic (exact) mass is 283 g/mol. The van der Waals surface area contributed by atoms with Crippen molar-refractivity contribution in [3.05, 3.63) is 18.3 Å². The summed E-state index contributed by atoms with van der Waals surface area (Å²) >= 11 is 0. The third-order valence-electron chi connectivity index (χ3n) is 3.69. The molecule has 2 unspecified atom stereocenters. The highest BCUT2D eigenvalue weighted by atomic mass is 32.2. The third kappa shape index (κ3) is 2.90. The van der Waals surface area contributed by atoms with E-state index < -0.39 is 9.84 Å². The molecule has 2 atom stereocenters. The Bertz CT molecular complexity index is 545. The second kappa shape index (κ2) is 5.46. The van der Waals surface area contributed by atoms with Gasteiger partial charge in [-0.25, -0.2) is 13.4 Å². The van der Waals surface area contributed by atoms with Crippen LogP contribution in [-0.4, -0.2) is 38.3 Å². The van der Waals surface area contributed by atoms with Gasteiger partial charge in [-0.1, -0.05) is 0 Å². The molecule has 0 radical (unpaired) electrons. The maximum atomic E-state index is 11.9. The van der Waals surface area contributed by atoms with Crippen LogP contribution in [0, 0.1) is 0 Å². The zero-order chi connectivity index (χ0) is 14.0. The molecule has 1 aliphatic rings. The summed E-state index contributed by atoms with van der Waals surface area (Å²) in [5, 5.41) is 0. The van der Waals surface area contributed by atoms with Crippen molar-refractivity contribution in [2.24, 2.45) is 5.73 Å². The molecule has 5 nitrogen and oxygen atoms in total. The van der Waals surface area contributed by atoms with E-state index >= 15 is 0 Å². The van der Waals surface area contributed by atoms with Crippen molar-refractivity contribution >= 4 is 15.7 Å². The van der Waals surface area contributed by atoms with Crippen molar-refractivity contribution in [3.8, 4) is 0 Å². The van der Waals surface area contributed by atoms with Gasteiger partial charge in [0.1, 0.15) is 10.7 Å². The van der Waals surface area contributed by atoms with Crippen LogP contribution in [-0.2, 0) is 9.84 Å². The van der Waals surface area contributed by atoms with Gasteiger partial charge in [0.15, 0.2) is 9.84 Å². The van der Waals surface area contributed by atoms with Gasteiger partial charge in [-0.05, 0) is 38.3 Å². The lowest BCUT2D eigenvalue weighted by molar-refractivity contribution is 0.395. The molecule has 0 aliphatic carbocycles. The lowest BCUT2D eigenvalue weighted by atomic mass is 9.96. The van der Waals surface area contributed by atoms with Crippen molar-refractivity contribution in [2.45, 2.75) is 43.2 Å². The SMILES string of the molecule is CC1CCCC(CN)N1c1ncccc1S(C)(=O)=O. The highest BCUT2D eigenvalue weighted by Crippen LogP contribution is 2.31. The number of nitrogens with zero attached hydrogens (tertiary/aromatic N) is 2. The van der Waals surface area contributed by atoms with E-state index in [1.807, 2.05) is 0 Å². The van der Waals surface area contributed by atoms with Crippen molar-refractivity contribution in [3.63, 3.8) is 0 Å². The van der Waals surface area contributed by atoms with Gasteiger partial charge >= 0.3 is 0 Å². The van der Waals surface area contributed by atoms with Gasteiger partial charge in [-0.15, -0.1) is 0 Å². The van der Waals surface area contributed by atoms with Crippen LogP contribution in [0.25, 0.3) is 0 Å². The number of hydrogen-bond acceptors (Lipinski definition) is 5. The molecule has 19 heavy (non-hydrogen) atoms. The number of anilines is 1. The third-order valence-corrected chi connectivity index (χ3v) is 4.81. The molecule has 1 aromatic heterocycles. The van der Waals surface area contributed by atoms with Crippen LogP contribution in [0.15, 0.2) is 23.2 Å². The molecule has 1 fully saturated rings. The Labute approximate surface area is 114 Å². The maximum absolute atomic E-state index is 11.9. The minimum Gasteiger partial charge on any atom is -0.349 e. The van der Waals surface area contributed by atoms with E-state index in [0.717, 1.165) is 19.3 Å². The molecule has 0 saturated carbocycles. The average Bonchev–Trinajstić information content (AvgIpc) is 2.37. The first-order valence-corrected chi connectivity index (χ1v) is 8.47. The summed E-state index contributed by atoms with van der Waals surface area (Å²) in [6, 6.07) is 3.70. The van der Waals surface area contributed by atoms with Crippen LogP contribution in [0.2, 0.25) is 0 Å². The summed E-state index contributed by atoms with van der Waals surface area (Å²) in [6.07, 6.45) is 6.01. The summed E-state index contributed by atoms with van der Waals surface area (Å²) in [4.78, 5) is 6.69. The quantitative estimate of drug-likeness (QED) is 0.901. The van der Waals surface area contributed by atoms with E-state index in [9.17, 15) is 8.42 Å². The predicted octanol–water partition coefficient (Wildman–Crippen LogP) is 1.19. The standard InChI is InChI=1S/C13H21N3O2S/c1-10-5-3-6-11(9-14)16(10)13-12(19(2,17)18)7-4-8-15-13/h4,7-8,10-11H,3,5-6,9,14H2,1-2H3. The molecule has 1 aliphatic heterocycles. The van der Waals surface area contributed by atoms with Crippen LogP contribution < -0.4 is 10.6 Å². The molecular formula is C13H21N3O2S. The molecule has 0 amide bonds. The Morgan fingerprint density at radius 1 is 1.47 bits per heavy atom.